The Balaban J connectivity index is 2.50. The lowest BCUT2D eigenvalue weighted by Gasteiger charge is -2.35. The molecule has 1 amide bonds. The number of amides is 1. The number of benzene rings is 1. The Labute approximate surface area is 160 Å². The molecule has 1 atom stereocenters. The van der Waals surface area contributed by atoms with Gasteiger partial charge in [0.05, 0.1) is 6.61 Å². The lowest BCUT2D eigenvalue weighted by atomic mass is 10.1. The molecule has 0 saturated carbocycles. The van der Waals surface area contributed by atoms with Crippen LogP contribution < -0.4 is 10.6 Å². The van der Waals surface area contributed by atoms with Gasteiger partial charge in [-0.05, 0) is 44.5 Å². The van der Waals surface area contributed by atoms with Crippen molar-refractivity contribution < 1.29 is 27.5 Å². The van der Waals surface area contributed by atoms with Crippen LogP contribution in [0.15, 0.2) is 42.6 Å². The number of anilines is 1. The lowest BCUT2D eigenvalue weighted by molar-refractivity contribution is -0.204. The van der Waals surface area contributed by atoms with Gasteiger partial charge in [0, 0.05) is 11.8 Å². The van der Waals surface area contributed by atoms with Crippen LogP contribution in [0.1, 0.15) is 28.4 Å². The van der Waals surface area contributed by atoms with Gasteiger partial charge in [0.25, 0.3) is 5.91 Å². The maximum Gasteiger partial charge on any atom is 0.441 e. The number of hydrogen-bond acceptors (Lipinski definition) is 5. The number of rotatable bonds is 6. The molecule has 1 aromatic heterocycles. The number of aryl methyl sites for hydroxylation is 2. The van der Waals surface area contributed by atoms with Gasteiger partial charge in [-0.3, -0.25) is 4.79 Å². The van der Waals surface area contributed by atoms with Gasteiger partial charge in [0.1, 0.15) is 5.82 Å². The Bertz CT molecular complexity index is 853. The number of carbonyl (C=O) groups excluding carboxylic acids is 2. The van der Waals surface area contributed by atoms with E-state index in [-0.39, 0.29) is 18.0 Å². The van der Waals surface area contributed by atoms with Crippen LogP contribution >= 0.6 is 0 Å². The van der Waals surface area contributed by atoms with Crippen LogP contribution in [0, 0.1) is 13.8 Å². The molecule has 0 fully saturated rings. The van der Waals surface area contributed by atoms with E-state index in [2.05, 4.69) is 9.72 Å². The highest BCUT2D eigenvalue weighted by atomic mass is 19.4. The lowest BCUT2D eigenvalue weighted by Crippen LogP contribution is -2.69. The normalized spacial score (nSPS) is 13.4. The van der Waals surface area contributed by atoms with E-state index in [0.717, 1.165) is 0 Å². The summed E-state index contributed by atoms with van der Waals surface area (Å²) < 4.78 is 46.8. The minimum atomic E-state index is -5.22. The summed E-state index contributed by atoms with van der Waals surface area (Å²) in [7, 11) is 0. The molecule has 6 nitrogen and oxygen atoms in total. The molecular formula is C19H20F3N3O3. The number of nitrogens with zero attached hydrogens (tertiary/aromatic N) is 1. The highest BCUT2D eigenvalue weighted by molar-refractivity contribution is 5.99. The van der Waals surface area contributed by atoms with Gasteiger partial charge in [-0.15, -0.1) is 0 Å². The third kappa shape index (κ3) is 4.59. The van der Waals surface area contributed by atoms with Gasteiger partial charge in [-0.2, -0.15) is 13.2 Å². The minimum Gasteiger partial charge on any atom is -0.463 e. The standard InChI is InChI=1S/C19H20F3N3O3/c1-4-28-17(27)18(19(20,21)22,24-15-9-8-13(3)11-23-15)25-16(26)14-7-5-6-12(2)10-14/h5-11H,4H2,1-3H3,(H,23,24)(H,25,26)/t18-/m0/s1. The molecule has 0 unspecified atom stereocenters. The van der Waals surface area contributed by atoms with Crippen LogP contribution in [-0.2, 0) is 9.53 Å². The fourth-order valence-electron chi connectivity index (χ4n) is 2.39. The van der Waals surface area contributed by atoms with Crippen LogP contribution in [0.4, 0.5) is 19.0 Å². The molecule has 1 heterocycles. The highest BCUT2D eigenvalue weighted by Crippen LogP contribution is 2.33. The van der Waals surface area contributed by atoms with E-state index in [1.165, 1.54) is 43.5 Å². The van der Waals surface area contributed by atoms with Crippen LogP contribution in [0.5, 0.6) is 0 Å². The number of carbonyl (C=O) groups is 2. The average molecular weight is 395 g/mol. The zero-order valence-corrected chi connectivity index (χ0v) is 15.6. The molecule has 2 rings (SSSR count). The molecule has 28 heavy (non-hydrogen) atoms. The second kappa shape index (κ2) is 8.28. The second-order valence-electron chi connectivity index (χ2n) is 6.14. The number of alkyl halides is 3. The van der Waals surface area contributed by atoms with Gasteiger partial charge in [0.15, 0.2) is 0 Å². The van der Waals surface area contributed by atoms with Crippen molar-refractivity contribution in [3.8, 4) is 0 Å². The average Bonchev–Trinajstić information content (AvgIpc) is 2.62. The third-order valence-corrected chi connectivity index (χ3v) is 3.82. The van der Waals surface area contributed by atoms with E-state index in [0.29, 0.717) is 11.1 Å². The molecule has 9 heteroatoms. The maximum absolute atomic E-state index is 14.1. The maximum atomic E-state index is 14.1. The minimum absolute atomic E-state index is 0.0309. The monoisotopic (exact) mass is 395 g/mol. The molecule has 2 N–H and O–H groups in total. The predicted molar refractivity (Wildman–Crippen MR) is 96.7 cm³/mol. The molecule has 0 radical (unpaired) electrons. The Morgan fingerprint density at radius 2 is 1.82 bits per heavy atom. The van der Waals surface area contributed by atoms with Crippen molar-refractivity contribution in [2.75, 3.05) is 11.9 Å². The van der Waals surface area contributed by atoms with Gasteiger partial charge >= 0.3 is 17.8 Å². The first-order valence-electron chi connectivity index (χ1n) is 8.43. The van der Waals surface area contributed by atoms with E-state index >= 15 is 0 Å². The van der Waals surface area contributed by atoms with Crippen LogP contribution in [0.2, 0.25) is 0 Å². The van der Waals surface area contributed by atoms with Gasteiger partial charge in [-0.1, -0.05) is 23.8 Å². The molecule has 0 aliphatic heterocycles. The second-order valence-corrected chi connectivity index (χ2v) is 6.14. The van der Waals surface area contributed by atoms with E-state index in [1.807, 2.05) is 5.32 Å². The summed E-state index contributed by atoms with van der Waals surface area (Å²) in [6.07, 6.45) is -3.89. The van der Waals surface area contributed by atoms with Crippen molar-refractivity contribution in [3.05, 3.63) is 59.3 Å². The molecule has 0 aliphatic carbocycles. The van der Waals surface area contributed by atoms with Crippen LogP contribution in [0.3, 0.4) is 0 Å². The first-order chi connectivity index (χ1) is 13.1. The van der Waals surface area contributed by atoms with Crippen molar-refractivity contribution in [2.45, 2.75) is 32.6 Å². The van der Waals surface area contributed by atoms with E-state index in [4.69, 9.17) is 0 Å². The number of esters is 1. The molecule has 1 aromatic carbocycles. The molecule has 150 valence electrons. The molecule has 2 aromatic rings. The zero-order valence-electron chi connectivity index (χ0n) is 15.6. The summed E-state index contributed by atoms with van der Waals surface area (Å²) in [6.45, 7) is 4.46. The van der Waals surface area contributed by atoms with Gasteiger partial charge in [-0.25, -0.2) is 9.78 Å². The SMILES string of the molecule is CCOC(=O)[C@@](NC(=O)c1cccc(C)c1)(Nc1ccc(C)cn1)C(F)(F)F. The summed E-state index contributed by atoms with van der Waals surface area (Å²) >= 11 is 0. The predicted octanol–water partition coefficient (Wildman–Crippen LogP) is 3.36. The van der Waals surface area contributed by atoms with Crippen molar-refractivity contribution in [1.82, 2.24) is 10.3 Å². The van der Waals surface area contributed by atoms with Crippen LogP contribution in [-0.4, -0.2) is 35.3 Å². The molecule has 0 spiro atoms. The van der Waals surface area contributed by atoms with Crippen molar-refractivity contribution in [2.24, 2.45) is 0 Å². The molecule has 0 aliphatic rings. The van der Waals surface area contributed by atoms with Crippen molar-refractivity contribution in [1.29, 1.82) is 0 Å². The summed E-state index contributed by atoms with van der Waals surface area (Å²) in [5.41, 5.74) is -2.15. The van der Waals surface area contributed by atoms with E-state index in [1.54, 1.807) is 25.2 Å². The molecule has 0 saturated heterocycles. The van der Waals surface area contributed by atoms with Gasteiger partial charge < -0.3 is 15.4 Å². The highest BCUT2D eigenvalue weighted by Gasteiger charge is 2.64. The Morgan fingerprint density at radius 3 is 2.36 bits per heavy atom. The first kappa shape index (κ1) is 21.2. The molecule has 0 bridgehead atoms. The summed E-state index contributed by atoms with van der Waals surface area (Å²) in [6, 6.07) is 8.76. The number of pyridine rings is 1. The summed E-state index contributed by atoms with van der Waals surface area (Å²) in [5, 5.41) is 3.79. The first-order valence-corrected chi connectivity index (χ1v) is 8.43. The number of hydrogen-bond donors (Lipinski definition) is 2. The van der Waals surface area contributed by atoms with E-state index in [9.17, 15) is 22.8 Å². The number of ether oxygens (including phenoxy) is 1. The Hall–Kier alpha value is -3.10. The summed E-state index contributed by atoms with van der Waals surface area (Å²) in [5.74, 6) is -3.03. The quantitative estimate of drug-likeness (QED) is 0.579. The smallest absolute Gasteiger partial charge is 0.441 e. The molecular weight excluding hydrogens is 375 g/mol. The van der Waals surface area contributed by atoms with E-state index < -0.39 is 23.7 Å². The number of nitrogens with one attached hydrogen (secondary N) is 2. The van der Waals surface area contributed by atoms with Gasteiger partial charge in [0.2, 0.25) is 0 Å². The number of aromatic nitrogens is 1. The largest absolute Gasteiger partial charge is 0.463 e. The third-order valence-electron chi connectivity index (χ3n) is 3.82. The van der Waals surface area contributed by atoms with Crippen molar-refractivity contribution >= 4 is 17.7 Å². The fourth-order valence-corrected chi connectivity index (χ4v) is 2.39. The summed E-state index contributed by atoms with van der Waals surface area (Å²) in [4.78, 5) is 28.7. The van der Waals surface area contributed by atoms with Crippen molar-refractivity contribution in [3.63, 3.8) is 0 Å². The van der Waals surface area contributed by atoms with Crippen LogP contribution in [0.25, 0.3) is 0 Å². The topological polar surface area (TPSA) is 80.3 Å². The Morgan fingerprint density at radius 1 is 1.11 bits per heavy atom. The Kier molecular flexibility index (Phi) is 6.27. The number of halogens is 3. The zero-order chi connectivity index (χ0) is 20.9. The fraction of sp³-hybridized carbons (Fsp3) is 0.316.